The minimum absolute atomic E-state index is 0.0518. The van der Waals surface area contributed by atoms with Crippen molar-refractivity contribution in [3.63, 3.8) is 0 Å². The van der Waals surface area contributed by atoms with Crippen LogP contribution in [0.25, 0.3) is 0 Å². The van der Waals surface area contributed by atoms with Crippen molar-refractivity contribution in [1.29, 1.82) is 0 Å². The van der Waals surface area contributed by atoms with Crippen LogP contribution in [0, 0.1) is 18.7 Å². The molecule has 0 radical (unpaired) electrons. The van der Waals surface area contributed by atoms with Gasteiger partial charge in [0.25, 0.3) is 0 Å². The first-order valence-corrected chi connectivity index (χ1v) is 6.27. The Labute approximate surface area is 107 Å². The Balaban J connectivity index is 2.37. The molecule has 0 amide bonds. The highest BCUT2D eigenvalue weighted by molar-refractivity contribution is 6.31. The molecule has 1 fully saturated rings. The molecule has 2 nitrogen and oxygen atoms in total. The fourth-order valence-electron chi connectivity index (χ4n) is 2.60. The highest BCUT2D eigenvalue weighted by Gasteiger charge is 2.33. The van der Waals surface area contributed by atoms with Crippen LogP contribution < -0.4 is 5.73 Å². The first-order valence-electron chi connectivity index (χ1n) is 5.89. The van der Waals surface area contributed by atoms with Gasteiger partial charge in [0, 0.05) is 23.2 Å². The number of benzene rings is 1. The summed E-state index contributed by atoms with van der Waals surface area (Å²) in [4.78, 5) is 2.14. The summed E-state index contributed by atoms with van der Waals surface area (Å²) in [5, 5.41) is 0.516. The van der Waals surface area contributed by atoms with E-state index in [0.29, 0.717) is 28.6 Å². The van der Waals surface area contributed by atoms with Crippen molar-refractivity contribution in [2.75, 3.05) is 20.1 Å². The summed E-state index contributed by atoms with van der Waals surface area (Å²) in [6.45, 7) is 3.32. The van der Waals surface area contributed by atoms with Gasteiger partial charge in [0.1, 0.15) is 5.82 Å². The Morgan fingerprint density at radius 1 is 1.53 bits per heavy atom. The molecule has 0 spiro atoms. The van der Waals surface area contributed by atoms with Crippen LogP contribution in [0.3, 0.4) is 0 Å². The number of hydrogen-bond donors (Lipinski definition) is 1. The summed E-state index contributed by atoms with van der Waals surface area (Å²) in [5.41, 5.74) is 6.97. The SMILES string of the molecule is Cc1ccc(Cl)c(C2CC(CN)CN2C)c1F. The largest absolute Gasteiger partial charge is 0.330 e. The molecule has 0 bridgehead atoms. The summed E-state index contributed by atoms with van der Waals surface area (Å²) >= 11 is 6.14. The summed E-state index contributed by atoms with van der Waals surface area (Å²) in [7, 11) is 2.00. The zero-order valence-corrected chi connectivity index (χ0v) is 11.0. The highest BCUT2D eigenvalue weighted by atomic mass is 35.5. The number of halogens is 2. The molecule has 2 atom stereocenters. The Bertz CT molecular complexity index is 422. The summed E-state index contributed by atoms with van der Waals surface area (Å²) in [5.74, 6) is 0.257. The van der Waals surface area contributed by atoms with Gasteiger partial charge < -0.3 is 5.73 Å². The molecule has 4 heteroatoms. The maximum Gasteiger partial charge on any atom is 0.132 e. The van der Waals surface area contributed by atoms with E-state index in [2.05, 4.69) is 4.90 Å². The monoisotopic (exact) mass is 256 g/mol. The molecule has 1 heterocycles. The van der Waals surface area contributed by atoms with E-state index in [9.17, 15) is 4.39 Å². The van der Waals surface area contributed by atoms with Gasteiger partial charge in [-0.1, -0.05) is 17.7 Å². The normalized spacial score (nSPS) is 25.5. The van der Waals surface area contributed by atoms with Crippen LogP contribution >= 0.6 is 11.6 Å². The third-order valence-electron chi connectivity index (χ3n) is 3.62. The average Bonchev–Trinajstić information content (AvgIpc) is 2.66. The second-order valence-corrected chi connectivity index (χ2v) is 5.29. The fraction of sp³-hybridized carbons (Fsp3) is 0.538. The standard InChI is InChI=1S/C13H18ClFN2/c1-8-3-4-10(14)12(13(8)15)11-5-9(6-16)7-17(11)2/h3-4,9,11H,5-7,16H2,1-2H3. The Kier molecular flexibility index (Phi) is 3.71. The molecule has 1 aromatic rings. The lowest BCUT2D eigenvalue weighted by Crippen LogP contribution is -2.21. The number of likely N-dealkylation sites (tertiary alicyclic amines) is 1. The third-order valence-corrected chi connectivity index (χ3v) is 3.95. The second-order valence-electron chi connectivity index (χ2n) is 4.88. The lowest BCUT2D eigenvalue weighted by molar-refractivity contribution is 0.306. The lowest BCUT2D eigenvalue weighted by atomic mass is 9.98. The third kappa shape index (κ3) is 2.32. The topological polar surface area (TPSA) is 29.3 Å². The summed E-state index contributed by atoms with van der Waals surface area (Å²) in [6, 6.07) is 3.55. The first-order chi connectivity index (χ1) is 8.04. The lowest BCUT2D eigenvalue weighted by Gasteiger charge is -2.22. The number of rotatable bonds is 2. The second kappa shape index (κ2) is 4.92. The molecule has 1 aliphatic rings. The quantitative estimate of drug-likeness (QED) is 0.882. The van der Waals surface area contributed by atoms with Crippen molar-refractivity contribution < 1.29 is 4.39 Å². The van der Waals surface area contributed by atoms with Gasteiger partial charge in [-0.05, 0) is 44.5 Å². The van der Waals surface area contributed by atoms with Gasteiger partial charge >= 0.3 is 0 Å². The summed E-state index contributed by atoms with van der Waals surface area (Å²) < 4.78 is 14.2. The molecule has 1 aromatic carbocycles. The van der Waals surface area contributed by atoms with Crippen LogP contribution in [-0.2, 0) is 0 Å². The van der Waals surface area contributed by atoms with Gasteiger partial charge in [0.15, 0.2) is 0 Å². The predicted molar refractivity (Wildman–Crippen MR) is 68.7 cm³/mol. The van der Waals surface area contributed by atoms with E-state index in [-0.39, 0.29) is 11.9 Å². The van der Waals surface area contributed by atoms with Crippen molar-refractivity contribution in [3.8, 4) is 0 Å². The minimum atomic E-state index is -0.174. The van der Waals surface area contributed by atoms with Crippen LogP contribution in [0.4, 0.5) is 4.39 Å². The van der Waals surface area contributed by atoms with E-state index < -0.39 is 0 Å². The smallest absolute Gasteiger partial charge is 0.132 e. The molecular formula is C13H18ClFN2. The van der Waals surface area contributed by atoms with E-state index in [1.165, 1.54) is 0 Å². The van der Waals surface area contributed by atoms with E-state index in [0.717, 1.165) is 13.0 Å². The van der Waals surface area contributed by atoms with Crippen molar-refractivity contribution in [2.24, 2.45) is 11.7 Å². The number of nitrogens with zero attached hydrogens (tertiary/aromatic N) is 1. The Morgan fingerprint density at radius 2 is 2.24 bits per heavy atom. The molecule has 1 saturated heterocycles. The van der Waals surface area contributed by atoms with Gasteiger partial charge in [-0.15, -0.1) is 0 Å². The molecule has 0 aromatic heterocycles. The van der Waals surface area contributed by atoms with Gasteiger partial charge in [0.2, 0.25) is 0 Å². The number of nitrogens with two attached hydrogens (primary N) is 1. The Hall–Kier alpha value is -0.640. The van der Waals surface area contributed by atoms with Crippen LogP contribution in [0.15, 0.2) is 12.1 Å². The molecule has 17 heavy (non-hydrogen) atoms. The molecule has 2 N–H and O–H groups in total. The average molecular weight is 257 g/mol. The molecule has 2 unspecified atom stereocenters. The van der Waals surface area contributed by atoms with Gasteiger partial charge in [-0.2, -0.15) is 0 Å². The molecule has 0 aliphatic carbocycles. The zero-order chi connectivity index (χ0) is 12.6. The van der Waals surface area contributed by atoms with E-state index >= 15 is 0 Å². The van der Waals surface area contributed by atoms with Crippen molar-refractivity contribution >= 4 is 11.6 Å². The van der Waals surface area contributed by atoms with Crippen LogP contribution in [0.2, 0.25) is 5.02 Å². The van der Waals surface area contributed by atoms with Crippen LogP contribution in [0.5, 0.6) is 0 Å². The summed E-state index contributed by atoms with van der Waals surface area (Å²) in [6.07, 6.45) is 0.882. The molecule has 1 aliphatic heterocycles. The van der Waals surface area contributed by atoms with Gasteiger partial charge in [-0.25, -0.2) is 4.39 Å². The number of aryl methyl sites for hydroxylation is 1. The Morgan fingerprint density at radius 3 is 2.82 bits per heavy atom. The molecule has 2 rings (SSSR count). The van der Waals surface area contributed by atoms with E-state index in [1.807, 2.05) is 7.05 Å². The first kappa shape index (κ1) is 12.8. The number of hydrogen-bond acceptors (Lipinski definition) is 2. The zero-order valence-electron chi connectivity index (χ0n) is 10.2. The van der Waals surface area contributed by atoms with Crippen molar-refractivity contribution in [1.82, 2.24) is 4.90 Å². The maximum atomic E-state index is 14.2. The van der Waals surface area contributed by atoms with Crippen molar-refractivity contribution in [2.45, 2.75) is 19.4 Å². The van der Waals surface area contributed by atoms with Crippen molar-refractivity contribution in [3.05, 3.63) is 34.1 Å². The maximum absolute atomic E-state index is 14.2. The molecule has 94 valence electrons. The van der Waals surface area contributed by atoms with Gasteiger partial charge in [-0.3, -0.25) is 4.90 Å². The van der Waals surface area contributed by atoms with Crippen LogP contribution in [-0.4, -0.2) is 25.0 Å². The molecule has 0 saturated carbocycles. The van der Waals surface area contributed by atoms with Crippen LogP contribution in [0.1, 0.15) is 23.6 Å². The minimum Gasteiger partial charge on any atom is -0.330 e. The van der Waals surface area contributed by atoms with Gasteiger partial charge in [0.05, 0.1) is 0 Å². The highest BCUT2D eigenvalue weighted by Crippen LogP contribution is 2.39. The predicted octanol–water partition coefficient (Wildman–Crippen LogP) is 2.74. The molecular weight excluding hydrogens is 239 g/mol. The van der Waals surface area contributed by atoms with E-state index in [4.69, 9.17) is 17.3 Å². The fourth-order valence-corrected chi connectivity index (χ4v) is 2.87. The van der Waals surface area contributed by atoms with E-state index in [1.54, 1.807) is 19.1 Å².